The van der Waals surface area contributed by atoms with E-state index in [1.165, 1.54) is 7.11 Å². The summed E-state index contributed by atoms with van der Waals surface area (Å²) in [6, 6.07) is 12.0. The lowest BCUT2D eigenvalue weighted by Crippen LogP contribution is -2.34. The van der Waals surface area contributed by atoms with E-state index in [2.05, 4.69) is 4.98 Å². The summed E-state index contributed by atoms with van der Waals surface area (Å²) in [6.45, 7) is 0.527. The van der Waals surface area contributed by atoms with Crippen molar-refractivity contribution in [2.24, 2.45) is 11.7 Å². The molecule has 2 heterocycles. The van der Waals surface area contributed by atoms with Crippen LogP contribution in [-0.4, -0.2) is 34.0 Å². The molecule has 1 fully saturated rings. The van der Waals surface area contributed by atoms with E-state index in [1.807, 2.05) is 36.4 Å². The molecule has 30 heavy (non-hydrogen) atoms. The highest BCUT2D eigenvalue weighted by Crippen LogP contribution is 2.32. The normalized spacial score (nSPS) is 14.7. The number of aliphatic hydroxyl groups excluding tert-OH is 1. The molecule has 1 amide bonds. The van der Waals surface area contributed by atoms with Gasteiger partial charge in [-0.25, -0.2) is 0 Å². The van der Waals surface area contributed by atoms with Crippen LogP contribution < -0.4 is 11.3 Å². The first-order chi connectivity index (χ1) is 14.5. The molecule has 1 atom stereocenters. The van der Waals surface area contributed by atoms with E-state index in [9.17, 15) is 14.7 Å². The van der Waals surface area contributed by atoms with Gasteiger partial charge in [0.1, 0.15) is 5.56 Å². The number of aromatic nitrogens is 2. The van der Waals surface area contributed by atoms with E-state index >= 15 is 0 Å². The summed E-state index contributed by atoms with van der Waals surface area (Å²) in [5.41, 5.74) is 8.59. The van der Waals surface area contributed by atoms with Crippen LogP contribution in [0.1, 0.15) is 39.9 Å². The fourth-order valence-corrected chi connectivity index (χ4v) is 3.80. The second-order valence-electron chi connectivity index (χ2n) is 7.85. The van der Waals surface area contributed by atoms with Crippen LogP contribution in [0.5, 0.6) is 0 Å². The van der Waals surface area contributed by atoms with Crippen molar-refractivity contribution in [1.82, 2.24) is 9.55 Å². The molecule has 1 unspecified atom stereocenters. The summed E-state index contributed by atoms with van der Waals surface area (Å²) in [5, 5.41) is 10.0. The molecule has 4 rings (SSSR count). The zero-order valence-corrected chi connectivity index (χ0v) is 16.9. The zero-order chi connectivity index (χ0) is 21.3. The molecular formula is C23H25N3O4. The average Bonchev–Trinajstić information content (AvgIpc) is 3.55. The number of primary amides is 1. The van der Waals surface area contributed by atoms with Gasteiger partial charge in [0.05, 0.1) is 11.0 Å². The molecule has 1 saturated carbocycles. The third-order valence-electron chi connectivity index (χ3n) is 5.55. The number of hydrogen-bond acceptors (Lipinski definition) is 5. The Kier molecular flexibility index (Phi) is 5.65. The van der Waals surface area contributed by atoms with Crippen LogP contribution in [0.25, 0.3) is 11.0 Å². The minimum atomic E-state index is -1.17. The maximum absolute atomic E-state index is 13.3. The maximum atomic E-state index is 13.3. The molecule has 0 bridgehead atoms. The highest BCUT2D eigenvalue weighted by atomic mass is 16.6. The third-order valence-corrected chi connectivity index (χ3v) is 5.55. The second kappa shape index (κ2) is 8.38. The van der Waals surface area contributed by atoms with E-state index in [1.54, 1.807) is 10.8 Å². The Morgan fingerprint density at radius 2 is 2.03 bits per heavy atom. The number of ether oxygens (including phenoxy) is 1. The van der Waals surface area contributed by atoms with E-state index in [-0.39, 0.29) is 12.0 Å². The molecule has 0 spiro atoms. The number of pyridine rings is 2. The number of carbonyl (C=O) groups excluding carboxylic acids is 1. The SMILES string of the molecule is COC(O)Cc1c(C(N)=O)c(=O)n(CC2CC2)c2cc(Cc3ccccc3)cnc12. The van der Waals surface area contributed by atoms with E-state index < -0.39 is 17.8 Å². The largest absolute Gasteiger partial charge is 0.368 e. The number of amides is 1. The number of carbonyl (C=O) groups is 1. The minimum Gasteiger partial charge on any atom is -0.368 e. The van der Waals surface area contributed by atoms with E-state index in [4.69, 9.17) is 10.5 Å². The second-order valence-corrected chi connectivity index (χ2v) is 7.85. The van der Waals surface area contributed by atoms with Crippen LogP contribution in [0.15, 0.2) is 47.4 Å². The molecule has 0 aliphatic heterocycles. The number of aliphatic hydroxyl groups is 1. The van der Waals surface area contributed by atoms with Gasteiger partial charge in [-0.3, -0.25) is 14.6 Å². The first-order valence-corrected chi connectivity index (χ1v) is 10.1. The number of hydrogen-bond donors (Lipinski definition) is 2. The van der Waals surface area contributed by atoms with Crippen LogP contribution in [0.3, 0.4) is 0 Å². The number of nitrogens with zero attached hydrogens (tertiary/aromatic N) is 2. The van der Waals surface area contributed by atoms with Crippen molar-refractivity contribution in [1.29, 1.82) is 0 Å². The first-order valence-electron chi connectivity index (χ1n) is 10.1. The summed E-state index contributed by atoms with van der Waals surface area (Å²) in [7, 11) is 1.36. The van der Waals surface area contributed by atoms with Gasteiger partial charge in [0.25, 0.3) is 11.5 Å². The van der Waals surface area contributed by atoms with Crippen molar-refractivity contribution < 1.29 is 14.6 Å². The molecule has 1 aromatic carbocycles. The number of nitrogens with two attached hydrogens (primary N) is 1. The topological polar surface area (TPSA) is 107 Å². The van der Waals surface area contributed by atoms with Gasteiger partial charge in [0, 0.05) is 31.8 Å². The Labute approximate surface area is 174 Å². The molecule has 2 aromatic heterocycles. The summed E-state index contributed by atoms with van der Waals surface area (Å²) < 4.78 is 6.57. The van der Waals surface area contributed by atoms with Crippen molar-refractivity contribution >= 4 is 16.9 Å². The Morgan fingerprint density at radius 3 is 2.67 bits per heavy atom. The highest BCUT2D eigenvalue weighted by molar-refractivity contribution is 5.98. The highest BCUT2D eigenvalue weighted by Gasteiger charge is 2.28. The fourth-order valence-electron chi connectivity index (χ4n) is 3.80. The first kappa shape index (κ1) is 20.3. The van der Waals surface area contributed by atoms with Crippen molar-refractivity contribution in [3.8, 4) is 0 Å². The lowest BCUT2D eigenvalue weighted by molar-refractivity contribution is -0.0719. The van der Waals surface area contributed by atoms with Crippen LogP contribution in [0.2, 0.25) is 0 Å². The molecule has 3 aromatic rings. The maximum Gasteiger partial charge on any atom is 0.264 e. The average molecular weight is 407 g/mol. The molecule has 0 saturated heterocycles. The molecule has 0 radical (unpaired) electrons. The van der Waals surface area contributed by atoms with Gasteiger partial charge in [-0.1, -0.05) is 30.3 Å². The van der Waals surface area contributed by atoms with Crippen LogP contribution in [0, 0.1) is 5.92 Å². The van der Waals surface area contributed by atoms with Crippen molar-refractivity contribution in [3.05, 3.63) is 75.2 Å². The van der Waals surface area contributed by atoms with Crippen molar-refractivity contribution in [3.63, 3.8) is 0 Å². The smallest absolute Gasteiger partial charge is 0.264 e. The number of benzene rings is 1. The summed E-state index contributed by atoms with van der Waals surface area (Å²) >= 11 is 0. The standard InChI is InChI=1S/C23H25N3O4/c1-30-19(27)11-17-20(22(24)28)23(29)26(13-15-7-8-15)18-10-16(12-25-21(17)18)9-14-5-3-2-4-6-14/h2-6,10,12,15,19,27H,7-9,11,13H2,1H3,(H2,24,28). The van der Waals surface area contributed by atoms with Crippen LogP contribution in [0.4, 0.5) is 0 Å². The van der Waals surface area contributed by atoms with Gasteiger partial charge in [0.2, 0.25) is 0 Å². The third kappa shape index (κ3) is 4.13. The summed E-state index contributed by atoms with van der Waals surface area (Å²) in [4.78, 5) is 30.0. The van der Waals surface area contributed by atoms with Crippen LogP contribution in [-0.2, 0) is 24.1 Å². The Morgan fingerprint density at radius 1 is 1.30 bits per heavy atom. The summed E-state index contributed by atoms with van der Waals surface area (Å²) in [6.07, 6.45) is 3.32. The number of methoxy groups -OCH3 is 1. The lowest BCUT2D eigenvalue weighted by atomic mass is 10.0. The predicted octanol–water partition coefficient (Wildman–Crippen LogP) is 2.00. The van der Waals surface area contributed by atoms with E-state index in [0.29, 0.717) is 35.5 Å². The van der Waals surface area contributed by atoms with Gasteiger partial charge >= 0.3 is 0 Å². The van der Waals surface area contributed by atoms with Gasteiger partial charge < -0.3 is 20.1 Å². The molecule has 3 N–H and O–H groups in total. The fraction of sp³-hybridized carbons (Fsp3) is 0.348. The Balaban J connectivity index is 1.91. The summed E-state index contributed by atoms with van der Waals surface area (Å²) in [5.74, 6) is -0.403. The molecule has 1 aliphatic rings. The monoisotopic (exact) mass is 407 g/mol. The Hall–Kier alpha value is -3.03. The van der Waals surface area contributed by atoms with Gasteiger partial charge in [0.15, 0.2) is 6.29 Å². The predicted molar refractivity (Wildman–Crippen MR) is 113 cm³/mol. The molecule has 7 heteroatoms. The number of rotatable bonds is 8. The molecule has 156 valence electrons. The number of fused-ring (bicyclic) bond motifs is 1. The van der Waals surface area contributed by atoms with Gasteiger partial charge in [-0.15, -0.1) is 0 Å². The van der Waals surface area contributed by atoms with Crippen LogP contribution >= 0.6 is 0 Å². The minimum absolute atomic E-state index is 0.0458. The van der Waals surface area contributed by atoms with Crippen molar-refractivity contribution in [2.75, 3.05) is 7.11 Å². The van der Waals surface area contributed by atoms with Crippen molar-refractivity contribution in [2.45, 2.75) is 38.5 Å². The lowest BCUT2D eigenvalue weighted by Gasteiger charge is -2.18. The zero-order valence-electron chi connectivity index (χ0n) is 16.9. The van der Waals surface area contributed by atoms with Gasteiger partial charge in [-0.2, -0.15) is 0 Å². The molecular weight excluding hydrogens is 382 g/mol. The van der Waals surface area contributed by atoms with E-state index in [0.717, 1.165) is 24.0 Å². The quantitative estimate of drug-likeness (QED) is 0.556. The van der Waals surface area contributed by atoms with Gasteiger partial charge in [-0.05, 0) is 42.4 Å². The molecule has 7 nitrogen and oxygen atoms in total. The molecule has 1 aliphatic carbocycles. The Bertz CT molecular complexity index is 1140.